The number of anilines is 1. The molecular formula is C52H58ClN11O6S2. The number of aliphatic imine (C=N–C) groups is 1. The molecule has 4 N–H and O–H groups in total. The smallest absolute Gasteiger partial charge is 0.258 e. The zero-order valence-corrected chi connectivity index (χ0v) is 43.8. The molecule has 17 nitrogen and oxygen atoms in total. The minimum Gasteiger partial charge on any atom is -0.482 e. The summed E-state index contributed by atoms with van der Waals surface area (Å²) in [7, 11) is 0. The van der Waals surface area contributed by atoms with Gasteiger partial charge in [-0.1, -0.05) is 68.8 Å². The summed E-state index contributed by atoms with van der Waals surface area (Å²) in [5, 5.41) is 30.3. The van der Waals surface area contributed by atoms with E-state index >= 15 is 0 Å². The second-order valence-corrected chi connectivity index (χ2v) is 22.3. The molecule has 0 aliphatic carbocycles. The molecule has 2 fully saturated rings. The van der Waals surface area contributed by atoms with E-state index in [1.807, 2.05) is 105 Å². The summed E-state index contributed by atoms with van der Waals surface area (Å²) < 4.78 is 7.84. The van der Waals surface area contributed by atoms with Crippen LogP contribution < -0.4 is 25.6 Å². The van der Waals surface area contributed by atoms with E-state index in [0.717, 1.165) is 59.8 Å². The fraction of sp³-hybridized carbons (Fsp3) is 0.404. The van der Waals surface area contributed by atoms with Crippen LogP contribution in [0.3, 0.4) is 0 Å². The number of hydrogen-bond donors (Lipinski definition) is 4. The summed E-state index contributed by atoms with van der Waals surface area (Å²) in [5.41, 5.74) is 7.75. The third-order valence-electron chi connectivity index (χ3n) is 13.5. The van der Waals surface area contributed by atoms with Crippen LogP contribution in [0.1, 0.15) is 97.1 Å². The highest BCUT2D eigenvalue weighted by molar-refractivity contribution is 7.15. The van der Waals surface area contributed by atoms with Crippen molar-refractivity contribution in [3.63, 3.8) is 0 Å². The molecule has 2 saturated heterocycles. The summed E-state index contributed by atoms with van der Waals surface area (Å²) >= 11 is 9.49. The Morgan fingerprint density at radius 1 is 0.903 bits per heavy atom. The number of hydrogen-bond acceptors (Lipinski definition) is 14. The molecule has 4 amide bonds. The Morgan fingerprint density at radius 2 is 1.62 bits per heavy atom. The van der Waals surface area contributed by atoms with Crippen molar-refractivity contribution < 1.29 is 29.0 Å². The quantitative estimate of drug-likeness (QED) is 0.0895. The van der Waals surface area contributed by atoms with E-state index in [0.29, 0.717) is 35.5 Å². The normalized spacial score (nSPS) is 18.5. The van der Waals surface area contributed by atoms with Gasteiger partial charge in [0.05, 0.1) is 52.6 Å². The van der Waals surface area contributed by atoms with Crippen LogP contribution in [0, 0.1) is 33.1 Å². The lowest BCUT2D eigenvalue weighted by Gasteiger charge is -2.40. The van der Waals surface area contributed by atoms with Gasteiger partial charge >= 0.3 is 0 Å². The van der Waals surface area contributed by atoms with Gasteiger partial charge in [-0.2, -0.15) is 0 Å². The fourth-order valence-corrected chi connectivity index (χ4v) is 11.5. The van der Waals surface area contributed by atoms with Crippen LogP contribution >= 0.6 is 34.3 Å². The van der Waals surface area contributed by atoms with Gasteiger partial charge in [-0.3, -0.25) is 28.7 Å². The number of nitrogens with one attached hydrogen (secondary N) is 3. The van der Waals surface area contributed by atoms with Crippen molar-refractivity contribution in [1.29, 1.82) is 0 Å². The second kappa shape index (κ2) is 20.5. The summed E-state index contributed by atoms with van der Waals surface area (Å²) in [4.78, 5) is 74.8. The third kappa shape index (κ3) is 10.5. The van der Waals surface area contributed by atoms with E-state index in [2.05, 4.69) is 50.0 Å². The van der Waals surface area contributed by atoms with Gasteiger partial charge in [0.1, 0.15) is 40.5 Å². The first kappa shape index (κ1) is 50.4. The molecule has 3 aliphatic heterocycles. The molecule has 9 rings (SSSR count). The van der Waals surface area contributed by atoms with Gasteiger partial charge in [0.2, 0.25) is 17.7 Å². The number of nitrogens with zero attached hydrogens (tertiary/aromatic N) is 8. The van der Waals surface area contributed by atoms with Crippen molar-refractivity contribution in [3.05, 3.63) is 122 Å². The maximum atomic E-state index is 14.2. The van der Waals surface area contributed by atoms with Gasteiger partial charge in [-0.15, -0.1) is 32.9 Å². The number of likely N-dealkylation sites (tertiary alicyclic amines) is 1. The monoisotopic (exact) mass is 1030 g/mol. The van der Waals surface area contributed by atoms with Crippen molar-refractivity contribution >= 4 is 69.4 Å². The van der Waals surface area contributed by atoms with E-state index in [1.54, 1.807) is 34.8 Å². The van der Waals surface area contributed by atoms with E-state index < -0.39 is 41.5 Å². The number of aromatic nitrogens is 5. The number of benzene rings is 2. The van der Waals surface area contributed by atoms with Crippen molar-refractivity contribution in [2.75, 3.05) is 31.1 Å². The Kier molecular flexibility index (Phi) is 14.4. The lowest BCUT2D eigenvalue weighted by atomic mass is 9.85. The SMILES string of the molecule is Cc1ncsc1-c1ccc([C@H](C)NC(=O)[C@@H]2C[C@@H](O)CN2C(=O)[C@@H](NC(=O)COc2ccc(N3CC(NC(=O)C[C@@H]4N=C(c5ccc(Cl)cc5)c5c(sc(C)c5C)-n5c(C)nnc54)C3)nc2)C(C)(C)C)cc1. The highest BCUT2D eigenvalue weighted by Gasteiger charge is 2.45. The molecule has 0 saturated carbocycles. The van der Waals surface area contributed by atoms with Crippen LogP contribution in [0.15, 0.2) is 77.4 Å². The lowest BCUT2D eigenvalue weighted by Crippen LogP contribution is -2.59. The zero-order chi connectivity index (χ0) is 51.2. The van der Waals surface area contributed by atoms with Crippen LogP contribution in [-0.2, 0) is 19.2 Å². The van der Waals surface area contributed by atoms with E-state index in [4.69, 9.17) is 21.3 Å². The summed E-state index contributed by atoms with van der Waals surface area (Å²) in [5.74, 6) is 0.811. The van der Waals surface area contributed by atoms with E-state index in [-0.39, 0.29) is 49.9 Å². The lowest BCUT2D eigenvalue weighted by molar-refractivity contribution is -0.144. The van der Waals surface area contributed by atoms with Gasteiger partial charge in [-0.25, -0.2) is 9.97 Å². The number of amides is 4. The molecule has 5 atom stereocenters. The number of β-amino-alcohol motifs (C(OH)–C–C–N with tert-alkyl or cyclic N) is 1. The maximum Gasteiger partial charge on any atom is 0.258 e. The number of carbonyl (C=O) groups excluding carboxylic acids is 4. The zero-order valence-electron chi connectivity index (χ0n) is 41.4. The van der Waals surface area contributed by atoms with Gasteiger partial charge in [-0.05, 0) is 81.0 Å². The third-order valence-corrected chi connectivity index (χ3v) is 15.9. The van der Waals surface area contributed by atoms with Gasteiger partial charge in [0.25, 0.3) is 5.91 Å². The highest BCUT2D eigenvalue weighted by Crippen LogP contribution is 2.40. The predicted octanol–water partition coefficient (Wildman–Crippen LogP) is 6.77. The topological polar surface area (TPSA) is 209 Å². The molecule has 72 heavy (non-hydrogen) atoms. The van der Waals surface area contributed by atoms with E-state index in [1.165, 1.54) is 11.1 Å². The number of aliphatic hydroxyl groups excluding tert-OH is 1. The van der Waals surface area contributed by atoms with Gasteiger partial charge in [0.15, 0.2) is 12.4 Å². The Morgan fingerprint density at radius 3 is 2.29 bits per heavy atom. The first-order valence-corrected chi connectivity index (χ1v) is 26.0. The average molecular weight is 1030 g/mol. The molecule has 3 aliphatic rings. The number of fused-ring (bicyclic) bond motifs is 3. The number of rotatable bonds is 14. The van der Waals surface area contributed by atoms with Crippen molar-refractivity contribution in [2.45, 2.75) is 105 Å². The molecule has 6 aromatic rings. The number of aryl methyl sites for hydroxylation is 3. The minimum absolute atomic E-state index is 0.0432. The van der Waals surface area contributed by atoms with Crippen molar-refractivity contribution in [3.8, 4) is 21.2 Å². The maximum absolute atomic E-state index is 14.2. The van der Waals surface area contributed by atoms with Gasteiger partial charge in [0, 0.05) is 47.1 Å². The van der Waals surface area contributed by atoms with Crippen LogP contribution in [0.25, 0.3) is 15.4 Å². The fourth-order valence-electron chi connectivity index (χ4n) is 9.36. The van der Waals surface area contributed by atoms with Crippen molar-refractivity contribution in [1.82, 2.24) is 45.6 Å². The van der Waals surface area contributed by atoms with E-state index in [9.17, 15) is 24.3 Å². The largest absolute Gasteiger partial charge is 0.482 e. The van der Waals surface area contributed by atoms with Crippen LogP contribution in [0.2, 0.25) is 5.02 Å². The highest BCUT2D eigenvalue weighted by atomic mass is 35.5. The average Bonchev–Trinajstić information content (AvgIpc) is 4.10. The molecule has 4 aromatic heterocycles. The summed E-state index contributed by atoms with van der Waals surface area (Å²) in [6.07, 6.45) is 0.767. The minimum atomic E-state index is -1.02. The molecule has 2 aromatic carbocycles. The number of carbonyl (C=O) groups is 4. The Balaban J connectivity index is 0.768. The first-order chi connectivity index (χ1) is 34.3. The number of halogens is 1. The summed E-state index contributed by atoms with van der Waals surface area (Å²) in [6, 6.07) is 16.0. The summed E-state index contributed by atoms with van der Waals surface area (Å²) in [6.45, 7) is 16.0. The molecule has 0 unspecified atom stereocenters. The predicted molar refractivity (Wildman–Crippen MR) is 278 cm³/mol. The van der Waals surface area contributed by atoms with Crippen LogP contribution in [0.5, 0.6) is 5.75 Å². The molecule has 0 bridgehead atoms. The molecule has 0 spiro atoms. The molecule has 7 heterocycles. The standard InChI is InChI=1S/C52H58ClN11O6S2/c1-27-30(4)72-51-44(27)45(33-13-15-35(53)16-14-33)58-39(48-61-60-31(5)64(48)51)20-42(66)57-36-22-62(23-36)41-18-17-38(21-54-41)70-25-43(67)59-47(52(6,7)8)50(69)63-24-37(65)19-40(63)49(68)56-28(2)32-9-11-34(12-10-32)46-29(3)55-26-71-46/h9-18,21,26,28,36-37,39-40,47,65H,19-20,22-25H2,1-8H3,(H,56,68)(H,57,66)(H,59,67)/t28-,37+,39-,40-,47+/m0/s1. The number of thiophene rings is 1. The number of pyridine rings is 1. The molecule has 376 valence electrons. The van der Waals surface area contributed by atoms with Crippen LogP contribution in [-0.4, -0.2) is 115 Å². The second-order valence-electron chi connectivity index (χ2n) is 19.8. The Hall–Kier alpha value is -6.54. The number of thiazole rings is 1. The molecule has 20 heteroatoms. The molecule has 0 radical (unpaired) electrons. The Labute approximate surface area is 431 Å². The number of aliphatic hydroxyl groups is 1. The van der Waals surface area contributed by atoms with Gasteiger partial charge < -0.3 is 35.6 Å². The van der Waals surface area contributed by atoms with Crippen LogP contribution in [0.4, 0.5) is 5.82 Å². The van der Waals surface area contributed by atoms with Crippen molar-refractivity contribution in [2.24, 2.45) is 10.4 Å². The first-order valence-electron chi connectivity index (χ1n) is 23.9. The number of ether oxygens (including phenoxy) is 1. The Bertz CT molecular complexity index is 3030. The molecular weight excluding hydrogens is 974 g/mol.